The molecule has 0 radical (unpaired) electrons. The second kappa shape index (κ2) is 6.31. The van der Waals surface area contributed by atoms with Gasteiger partial charge in [-0.15, -0.1) is 5.10 Å². The van der Waals surface area contributed by atoms with E-state index in [0.717, 1.165) is 31.6 Å². The Morgan fingerprint density at radius 1 is 1.36 bits per heavy atom. The van der Waals surface area contributed by atoms with Gasteiger partial charge in [-0.2, -0.15) is 10.4 Å². The van der Waals surface area contributed by atoms with Crippen LogP contribution in [0, 0.1) is 17.2 Å². The monoisotopic (exact) mass is 377 g/mol. The largest absolute Gasteiger partial charge is 0.335 e. The molecule has 142 valence electrons. The molecule has 2 N–H and O–H groups in total. The van der Waals surface area contributed by atoms with Gasteiger partial charge in [0.25, 0.3) is 5.91 Å². The Labute approximate surface area is 160 Å². The summed E-state index contributed by atoms with van der Waals surface area (Å²) in [5, 5.41) is 24.0. The van der Waals surface area contributed by atoms with Crippen molar-refractivity contribution in [1.29, 1.82) is 5.26 Å². The first-order valence-corrected chi connectivity index (χ1v) is 9.19. The summed E-state index contributed by atoms with van der Waals surface area (Å²) in [5.41, 5.74) is 1.66. The van der Waals surface area contributed by atoms with E-state index in [1.807, 2.05) is 6.07 Å². The lowest BCUT2D eigenvalue weighted by Gasteiger charge is -2.24. The number of carbonyl (C=O) groups excluding carboxylic acids is 1. The standard InChI is InChI=1S/C18H19N9O/c1-25-10-15(14(5-19)23-25)22-17(28)16-3-2-12-8-21-18(24-27(12)16)26-9-11-4-13(26)7-20-6-11/h2-3,8,10-11,13,20H,4,6-7,9H2,1H3,(H,22,28)/t11-,13+/m1/s1. The molecule has 3 aromatic rings. The summed E-state index contributed by atoms with van der Waals surface area (Å²) < 4.78 is 3.10. The van der Waals surface area contributed by atoms with Crippen LogP contribution in [0.1, 0.15) is 22.6 Å². The summed E-state index contributed by atoms with van der Waals surface area (Å²) in [7, 11) is 1.70. The average molecular weight is 377 g/mol. The fourth-order valence-corrected chi connectivity index (χ4v) is 4.10. The molecule has 28 heavy (non-hydrogen) atoms. The van der Waals surface area contributed by atoms with E-state index in [2.05, 4.69) is 30.7 Å². The van der Waals surface area contributed by atoms with Crippen molar-refractivity contribution in [2.45, 2.75) is 12.5 Å². The van der Waals surface area contributed by atoms with E-state index >= 15 is 0 Å². The van der Waals surface area contributed by atoms with E-state index in [4.69, 9.17) is 5.26 Å². The van der Waals surface area contributed by atoms with Crippen LogP contribution in [-0.4, -0.2) is 56.0 Å². The van der Waals surface area contributed by atoms with Crippen molar-refractivity contribution >= 4 is 23.1 Å². The number of rotatable bonds is 3. The number of anilines is 2. The van der Waals surface area contributed by atoms with E-state index < -0.39 is 0 Å². The lowest BCUT2D eigenvalue weighted by Crippen LogP contribution is -2.39. The molecule has 0 unspecified atom stereocenters. The van der Waals surface area contributed by atoms with Gasteiger partial charge in [0.15, 0.2) is 5.69 Å². The van der Waals surface area contributed by atoms with E-state index in [1.165, 1.54) is 4.68 Å². The van der Waals surface area contributed by atoms with Crippen LogP contribution in [0.3, 0.4) is 0 Å². The predicted molar refractivity (Wildman–Crippen MR) is 101 cm³/mol. The van der Waals surface area contributed by atoms with E-state index in [0.29, 0.717) is 29.3 Å². The second-order valence-electron chi connectivity index (χ2n) is 7.31. The van der Waals surface area contributed by atoms with Crippen LogP contribution in [0.2, 0.25) is 0 Å². The zero-order valence-corrected chi connectivity index (χ0v) is 15.3. The third kappa shape index (κ3) is 2.68. The fourth-order valence-electron chi connectivity index (χ4n) is 4.10. The Bertz CT molecular complexity index is 1110. The van der Waals surface area contributed by atoms with Crippen molar-refractivity contribution in [3.63, 3.8) is 0 Å². The van der Waals surface area contributed by atoms with Gasteiger partial charge in [0.2, 0.25) is 5.95 Å². The van der Waals surface area contributed by atoms with Crippen LogP contribution in [0.25, 0.3) is 5.52 Å². The highest BCUT2D eigenvalue weighted by Crippen LogP contribution is 2.29. The molecular weight excluding hydrogens is 358 g/mol. The van der Waals surface area contributed by atoms with Crippen molar-refractivity contribution in [3.05, 3.63) is 35.9 Å². The van der Waals surface area contributed by atoms with Crippen molar-refractivity contribution in [2.75, 3.05) is 29.9 Å². The minimum Gasteiger partial charge on any atom is -0.335 e. The number of aryl methyl sites for hydroxylation is 1. The Balaban J connectivity index is 1.46. The van der Waals surface area contributed by atoms with Gasteiger partial charge >= 0.3 is 0 Å². The summed E-state index contributed by atoms with van der Waals surface area (Å²) in [6.45, 7) is 2.88. The summed E-state index contributed by atoms with van der Waals surface area (Å²) in [6, 6.07) is 5.87. The van der Waals surface area contributed by atoms with Crippen LogP contribution in [-0.2, 0) is 7.05 Å². The molecule has 0 spiro atoms. The topological polar surface area (TPSA) is 116 Å². The van der Waals surface area contributed by atoms with Crippen molar-refractivity contribution in [3.8, 4) is 6.07 Å². The Kier molecular flexibility index (Phi) is 3.77. The lowest BCUT2D eigenvalue weighted by molar-refractivity contribution is 0.102. The van der Waals surface area contributed by atoms with Crippen LogP contribution in [0.5, 0.6) is 0 Å². The number of nitrogens with zero attached hydrogens (tertiary/aromatic N) is 7. The van der Waals surface area contributed by atoms with Crippen molar-refractivity contribution in [2.24, 2.45) is 13.0 Å². The van der Waals surface area contributed by atoms with Gasteiger partial charge in [0.05, 0.1) is 17.4 Å². The predicted octanol–water partition coefficient (Wildman–Crippen LogP) is 0.385. The van der Waals surface area contributed by atoms with Gasteiger partial charge in [-0.05, 0) is 31.0 Å². The third-order valence-electron chi connectivity index (χ3n) is 5.37. The Morgan fingerprint density at radius 3 is 3.07 bits per heavy atom. The van der Waals surface area contributed by atoms with Gasteiger partial charge in [-0.3, -0.25) is 9.48 Å². The first-order chi connectivity index (χ1) is 13.6. The molecule has 2 aliphatic heterocycles. The summed E-state index contributed by atoms with van der Waals surface area (Å²) in [4.78, 5) is 19.6. The highest BCUT2D eigenvalue weighted by molar-refractivity contribution is 6.04. The molecule has 1 amide bonds. The van der Waals surface area contributed by atoms with Crippen LogP contribution in [0.15, 0.2) is 24.5 Å². The SMILES string of the molecule is Cn1cc(NC(=O)c2ccc3cnc(N4C[C@H]5CNC[C@@H]4C5)nn23)c(C#N)n1. The number of piperidine rings is 1. The zero-order valence-electron chi connectivity index (χ0n) is 15.3. The Morgan fingerprint density at radius 2 is 2.25 bits per heavy atom. The molecule has 0 aromatic carbocycles. The minimum atomic E-state index is -0.351. The van der Waals surface area contributed by atoms with Gasteiger partial charge in [0.1, 0.15) is 11.8 Å². The molecule has 3 aromatic heterocycles. The number of hydrogen-bond acceptors (Lipinski definition) is 7. The van der Waals surface area contributed by atoms with Gasteiger partial charge < -0.3 is 15.5 Å². The lowest BCUT2D eigenvalue weighted by atomic mass is 10.0. The highest BCUT2D eigenvalue weighted by Gasteiger charge is 2.36. The molecule has 10 nitrogen and oxygen atoms in total. The second-order valence-corrected chi connectivity index (χ2v) is 7.31. The summed E-state index contributed by atoms with van der Waals surface area (Å²) >= 11 is 0. The molecule has 2 atom stereocenters. The van der Waals surface area contributed by atoms with Crippen molar-refractivity contribution in [1.82, 2.24) is 29.7 Å². The maximum atomic E-state index is 12.8. The molecule has 0 saturated carbocycles. The number of amides is 1. The third-order valence-corrected chi connectivity index (χ3v) is 5.37. The number of nitriles is 1. The Hall–Kier alpha value is -3.45. The number of aromatic nitrogens is 5. The first-order valence-electron chi connectivity index (χ1n) is 9.19. The maximum Gasteiger partial charge on any atom is 0.274 e. The number of nitrogens with one attached hydrogen (secondary N) is 2. The van der Waals surface area contributed by atoms with Crippen molar-refractivity contribution < 1.29 is 4.79 Å². The molecule has 0 aliphatic carbocycles. The van der Waals surface area contributed by atoms with Gasteiger partial charge in [-0.1, -0.05) is 0 Å². The maximum absolute atomic E-state index is 12.8. The normalized spacial score (nSPS) is 21.1. The van der Waals surface area contributed by atoms with Crippen LogP contribution >= 0.6 is 0 Å². The fraction of sp³-hybridized carbons (Fsp3) is 0.389. The minimum absolute atomic E-state index is 0.170. The van der Waals surface area contributed by atoms with Crippen LogP contribution in [0.4, 0.5) is 11.6 Å². The number of fused-ring (bicyclic) bond motifs is 3. The molecule has 5 rings (SSSR count). The molecular formula is C18H19N9O. The zero-order chi connectivity index (χ0) is 19.3. The average Bonchev–Trinajstić information content (AvgIpc) is 3.36. The van der Waals surface area contributed by atoms with E-state index in [1.54, 1.807) is 36.1 Å². The van der Waals surface area contributed by atoms with E-state index in [9.17, 15) is 4.79 Å². The van der Waals surface area contributed by atoms with Gasteiger partial charge in [0, 0.05) is 32.4 Å². The molecule has 2 bridgehead atoms. The number of hydrogen-bond donors (Lipinski definition) is 2. The molecule has 2 saturated heterocycles. The molecule has 10 heteroatoms. The van der Waals surface area contributed by atoms with E-state index in [-0.39, 0.29) is 11.6 Å². The number of carbonyl (C=O) groups is 1. The smallest absolute Gasteiger partial charge is 0.274 e. The molecule has 5 heterocycles. The summed E-state index contributed by atoms with van der Waals surface area (Å²) in [5.74, 6) is 0.893. The molecule has 2 fully saturated rings. The molecule has 2 aliphatic rings. The summed E-state index contributed by atoms with van der Waals surface area (Å²) in [6.07, 6.45) is 4.48. The quantitative estimate of drug-likeness (QED) is 0.678. The first kappa shape index (κ1) is 16.7. The van der Waals surface area contributed by atoms with Gasteiger partial charge in [-0.25, -0.2) is 9.50 Å². The van der Waals surface area contributed by atoms with Crippen LogP contribution < -0.4 is 15.5 Å². The highest BCUT2D eigenvalue weighted by atomic mass is 16.2.